The first-order chi connectivity index (χ1) is 34.1. The lowest BCUT2D eigenvalue weighted by Crippen LogP contribution is -2.43. The van der Waals surface area contributed by atoms with Crippen LogP contribution in [0.3, 0.4) is 0 Å². The number of esters is 1. The second kappa shape index (κ2) is 51.7. The fraction of sp³-hybridized carbons (Fsp3) is 0.672. The van der Waals surface area contributed by atoms with Crippen molar-refractivity contribution in [1.82, 2.24) is 5.32 Å². The minimum atomic E-state index is -4.78. The van der Waals surface area contributed by atoms with Gasteiger partial charge in [-0.3, -0.25) is 18.6 Å². The highest BCUT2D eigenvalue weighted by Crippen LogP contribution is 2.43. The van der Waals surface area contributed by atoms with E-state index in [2.05, 4.69) is 116 Å². The number of amides is 1. The maximum atomic E-state index is 12.4. The highest BCUT2D eigenvalue weighted by atomic mass is 31.2. The molecule has 0 saturated carbocycles. The summed E-state index contributed by atoms with van der Waals surface area (Å²) in [5.74, 6) is -2.41. The zero-order valence-electron chi connectivity index (χ0n) is 43.8. The minimum Gasteiger partial charge on any atom is -0.480 e. The lowest BCUT2D eigenvalue weighted by atomic mass is 10.1. The number of carboxylic acids is 1. The van der Waals surface area contributed by atoms with E-state index in [9.17, 15) is 34.1 Å². The molecule has 12 heteroatoms. The van der Waals surface area contributed by atoms with Crippen LogP contribution in [-0.2, 0) is 32.7 Å². The summed E-state index contributed by atoms with van der Waals surface area (Å²) < 4.78 is 27.0. The zero-order valence-corrected chi connectivity index (χ0v) is 44.7. The lowest BCUT2D eigenvalue weighted by molar-refractivity contribution is -0.147. The van der Waals surface area contributed by atoms with Gasteiger partial charge in [-0.15, -0.1) is 0 Å². The Labute approximate surface area is 425 Å². The van der Waals surface area contributed by atoms with Gasteiger partial charge in [0.2, 0.25) is 5.91 Å². The monoisotopic (exact) mass is 1000 g/mol. The van der Waals surface area contributed by atoms with Gasteiger partial charge in [0.15, 0.2) is 6.04 Å². The second-order valence-corrected chi connectivity index (χ2v) is 19.5. The van der Waals surface area contributed by atoms with E-state index in [0.29, 0.717) is 12.8 Å². The van der Waals surface area contributed by atoms with Gasteiger partial charge < -0.3 is 25.2 Å². The van der Waals surface area contributed by atoms with Crippen molar-refractivity contribution < 1.29 is 47.8 Å². The molecule has 4 N–H and O–H groups in total. The van der Waals surface area contributed by atoms with Gasteiger partial charge >= 0.3 is 19.8 Å². The molecule has 0 fully saturated rings. The van der Waals surface area contributed by atoms with Crippen molar-refractivity contribution in [2.45, 2.75) is 231 Å². The smallest absolute Gasteiger partial charge is 0.472 e. The molecule has 0 rings (SSSR count). The molecule has 0 saturated heterocycles. The Kier molecular flexibility index (Phi) is 49.1. The number of nitrogens with one attached hydrogen (secondary N) is 1. The molecule has 3 unspecified atom stereocenters. The van der Waals surface area contributed by atoms with Crippen molar-refractivity contribution in [2.24, 2.45) is 0 Å². The van der Waals surface area contributed by atoms with Gasteiger partial charge in [0.05, 0.1) is 13.2 Å². The number of aliphatic hydroxyl groups is 1. The quantitative estimate of drug-likeness (QED) is 0.0199. The molecule has 0 aromatic rings. The summed E-state index contributed by atoms with van der Waals surface area (Å²) >= 11 is 0. The third-order valence-electron chi connectivity index (χ3n) is 11.3. The first-order valence-electron chi connectivity index (χ1n) is 27.3. The van der Waals surface area contributed by atoms with Gasteiger partial charge in [0.25, 0.3) is 0 Å². The average Bonchev–Trinajstić information content (AvgIpc) is 3.34. The van der Waals surface area contributed by atoms with E-state index in [-0.39, 0.29) is 12.8 Å². The topological polar surface area (TPSA) is 169 Å². The van der Waals surface area contributed by atoms with Crippen molar-refractivity contribution in [3.8, 4) is 0 Å². The van der Waals surface area contributed by atoms with Crippen LogP contribution in [0.25, 0.3) is 0 Å². The SMILES string of the molecule is CCCCC/C=C\C/C=C\C/C=C\C/C=C\CCCCCCCCCC(=O)NC(COP(=O)(O)OCC(O)COC(=O)CCCCCCCCC/C=C\C/C=C\C/C=C\C/C=C\CCCCC)C(=O)O. The van der Waals surface area contributed by atoms with E-state index < -0.39 is 57.6 Å². The highest BCUT2D eigenvalue weighted by Gasteiger charge is 2.28. The number of aliphatic carboxylic acids is 1. The van der Waals surface area contributed by atoms with Crippen LogP contribution in [0.15, 0.2) is 97.2 Å². The third kappa shape index (κ3) is 50.8. The molecule has 0 aromatic heterocycles. The molecule has 1 amide bonds. The predicted octanol–water partition coefficient (Wildman–Crippen LogP) is 15.6. The van der Waals surface area contributed by atoms with E-state index >= 15 is 0 Å². The average molecular weight is 1000 g/mol. The number of hydrogen-bond acceptors (Lipinski definition) is 8. The summed E-state index contributed by atoms with van der Waals surface area (Å²) in [6.07, 6.45) is 67.0. The van der Waals surface area contributed by atoms with E-state index in [1.165, 1.54) is 64.2 Å². The van der Waals surface area contributed by atoms with Gasteiger partial charge in [0, 0.05) is 12.8 Å². The van der Waals surface area contributed by atoms with Crippen molar-refractivity contribution in [1.29, 1.82) is 0 Å². The van der Waals surface area contributed by atoms with Crippen LogP contribution in [0.1, 0.15) is 219 Å². The molecule has 0 aliphatic heterocycles. The fourth-order valence-corrected chi connectivity index (χ4v) is 7.88. The van der Waals surface area contributed by atoms with E-state index in [1.54, 1.807) is 0 Å². The minimum absolute atomic E-state index is 0.127. The van der Waals surface area contributed by atoms with Crippen LogP contribution in [0, 0.1) is 0 Å². The zero-order chi connectivity index (χ0) is 51.3. The summed E-state index contributed by atoms with van der Waals surface area (Å²) in [5, 5.41) is 22.0. The van der Waals surface area contributed by atoms with Gasteiger partial charge in [0.1, 0.15) is 12.7 Å². The van der Waals surface area contributed by atoms with Crippen molar-refractivity contribution in [3.63, 3.8) is 0 Å². The van der Waals surface area contributed by atoms with Crippen LogP contribution in [0.4, 0.5) is 0 Å². The molecule has 70 heavy (non-hydrogen) atoms. The van der Waals surface area contributed by atoms with Crippen LogP contribution in [0.5, 0.6) is 0 Å². The van der Waals surface area contributed by atoms with Gasteiger partial charge in [-0.05, 0) is 103 Å². The predicted molar refractivity (Wildman–Crippen MR) is 290 cm³/mol. The number of carboxylic acid groups (broad SMARTS) is 1. The first-order valence-corrected chi connectivity index (χ1v) is 28.8. The number of unbranched alkanes of at least 4 members (excludes halogenated alkanes) is 20. The molecule has 0 aliphatic rings. The molecule has 0 aromatic carbocycles. The normalized spacial score (nSPS) is 14.2. The number of aliphatic hydroxyl groups excluding tert-OH is 1. The summed E-state index contributed by atoms with van der Waals surface area (Å²) in [5.41, 5.74) is 0. The Hall–Kier alpha value is -3.60. The van der Waals surface area contributed by atoms with Crippen LogP contribution < -0.4 is 5.32 Å². The lowest BCUT2D eigenvalue weighted by Gasteiger charge is -2.18. The molecule has 0 bridgehead atoms. The Morgan fingerprint density at radius 1 is 0.457 bits per heavy atom. The van der Waals surface area contributed by atoms with Crippen LogP contribution in [0.2, 0.25) is 0 Å². The van der Waals surface area contributed by atoms with Crippen molar-refractivity contribution in [3.05, 3.63) is 97.2 Å². The Bertz CT molecular complexity index is 1550. The number of carbonyl (C=O) groups excluding carboxylic acids is 2. The number of phosphoric acid groups is 1. The third-order valence-corrected chi connectivity index (χ3v) is 12.3. The Balaban J connectivity index is 3.88. The van der Waals surface area contributed by atoms with Crippen molar-refractivity contribution in [2.75, 3.05) is 19.8 Å². The van der Waals surface area contributed by atoms with Crippen LogP contribution in [-0.4, -0.2) is 64.9 Å². The van der Waals surface area contributed by atoms with Gasteiger partial charge in [-0.25, -0.2) is 9.36 Å². The van der Waals surface area contributed by atoms with Gasteiger partial charge in [-0.1, -0.05) is 201 Å². The maximum absolute atomic E-state index is 12.4. The van der Waals surface area contributed by atoms with E-state index in [1.807, 2.05) is 0 Å². The molecule has 0 spiro atoms. The second-order valence-electron chi connectivity index (χ2n) is 18.1. The fourth-order valence-electron chi connectivity index (χ4n) is 7.11. The number of carbonyl (C=O) groups is 3. The Morgan fingerprint density at radius 3 is 1.17 bits per heavy atom. The molecular weight excluding hydrogens is 902 g/mol. The Morgan fingerprint density at radius 2 is 0.786 bits per heavy atom. The number of phosphoric ester groups is 1. The summed E-state index contributed by atoms with van der Waals surface area (Å²) in [6.45, 7) is 2.53. The molecule has 3 atom stereocenters. The van der Waals surface area contributed by atoms with E-state index in [0.717, 1.165) is 116 Å². The number of allylic oxidation sites excluding steroid dienone is 16. The maximum Gasteiger partial charge on any atom is 0.472 e. The van der Waals surface area contributed by atoms with Crippen LogP contribution >= 0.6 is 7.82 Å². The first kappa shape index (κ1) is 66.4. The molecule has 0 heterocycles. The van der Waals surface area contributed by atoms with Crippen molar-refractivity contribution >= 4 is 25.7 Å². The molecular formula is C58H98NO10P. The number of hydrogen-bond donors (Lipinski definition) is 4. The molecule has 0 aliphatic carbocycles. The highest BCUT2D eigenvalue weighted by molar-refractivity contribution is 7.47. The van der Waals surface area contributed by atoms with Gasteiger partial charge in [-0.2, -0.15) is 0 Å². The molecule has 0 radical (unpaired) electrons. The summed E-state index contributed by atoms with van der Waals surface area (Å²) in [4.78, 5) is 46.2. The standard InChI is InChI=1S/C58H98NO10P/c1-3-5-7-9-11-13-15-17-19-21-23-25-27-29-31-33-35-37-39-41-43-45-47-49-56(61)59-55(58(63)64)53-69-70(65,66)68-52-54(60)51-67-57(62)50-48-46-44-42-40-38-36-34-32-30-28-26-24-22-20-18-16-14-12-10-8-6-4-2/h11-14,17-20,23-26,29-32,54-55,60H,3-10,15-16,21-22,27-28,33-53H2,1-2H3,(H,59,61)(H,63,64)(H,65,66)/b13-11-,14-12-,19-17-,20-18-,25-23-,26-24-,31-29-,32-30-. The molecule has 11 nitrogen and oxygen atoms in total. The molecule has 400 valence electrons. The number of ether oxygens (including phenoxy) is 1. The number of rotatable bonds is 50. The summed E-state index contributed by atoms with van der Waals surface area (Å²) in [7, 11) is -4.78. The summed E-state index contributed by atoms with van der Waals surface area (Å²) in [6, 6.07) is -1.56. The largest absolute Gasteiger partial charge is 0.480 e. The van der Waals surface area contributed by atoms with E-state index in [4.69, 9.17) is 13.8 Å².